The smallest absolute Gasteiger partial charge is 0.339 e. The molecule has 6 nitrogen and oxygen atoms in total. The Morgan fingerprint density at radius 2 is 1.83 bits per heavy atom. The highest BCUT2D eigenvalue weighted by Gasteiger charge is 2.31. The van der Waals surface area contributed by atoms with Crippen molar-refractivity contribution in [3.8, 4) is 11.5 Å². The van der Waals surface area contributed by atoms with Gasteiger partial charge in [0.05, 0.1) is 7.11 Å². The molecule has 2 aromatic rings. The van der Waals surface area contributed by atoms with Crippen LogP contribution < -0.4 is 8.92 Å². The summed E-state index contributed by atoms with van der Waals surface area (Å²) in [5.74, 6) is 1.10. The molecule has 1 saturated carbocycles. The lowest BCUT2D eigenvalue weighted by atomic mass is 9.84. The van der Waals surface area contributed by atoms with Gasteiger partial charge in [0.25, 0.3) is 0 Å². The van der Waals surface area contributed by atoms with Crippen LogP contribution in [0.25, 0.3) is 0 Å². The third-order valence-corrected chi connectivity index (χ3v) is 6.93. The third kappa shape index (κ3) is 5.14. The minimum absolute atomic E-state index is 0.0510. The maximum absolute atomic E-state index is 12.9. The number of rotatable bonds is 9. The first-order chi connectivity index (χ1) is 14.3. The molecule has 2 aromatic carbocycles. The second-order valence-electron chi connectivity index (χ2n) is 7.71. The number of carbonyl (C=O) groups is 1. The zero-order chi connectivity index (χ0) is 21.7. The summed E-state index contributed by atoms with van der Waals surface area (Å²) in [5, 5.41) is 0. The van der Waals surface area contributed by atoms with Gasteiger partial charge in [-0.2, -0.15) is 8.42 Å². The van der Waals surface area contributed by atoms with Gasteiger partial charge in [0.1, 0.15) is 16.4 Å². The predicted molar refractivity (Wildman–Crippen MR) is 115 cm³/mol. The van der Waals surface area contributed by atoms with E-state index in [9.17, 15) is 13.2 Å². The van der Waals surface area contributed by atoms with Gasteiger partial charge < -0.3 is 13.8 Å². The molecule has 0 heterocycles. The Labute approximate surface area is 178 Å². The van der Waals surface area contributed by atoms with Gasteiger partial charge in [-0.15, -0.1) is 0 Å². The largest absolute Gasteiger partial charge is 0.497 e. The van der Waals surface area contributed by atoms with Crippen LogP contribution in [0.15, 0.2) is 53.4 Å². The van der Waals surface area contributed by atoms with E-state index < -0.39 is 10.1 Å². The molecule has 0 radical (unpaired) electrons. The predicted octanol–water partition coefficient (Wildman–Crippen LogP) is 4.39. The lowest BCUT2D eigenvalue weighted by Gasteiger charge is -2.35. The summed E-state index contributed by atoms with van der Waals surface area (Å²) in [5.41, 5.74) is 0.838. The molecule has 0 aliphatic heterocycles. The summed E-state index contributed by atoms with van der Waals surface area (Å²) in [6, 6.07) is 13.1. The summed E-state index contributed by atoms with van der Waals surface area (Å²) in [6.07, 6.45) is 3.88. The maximum atomic E-state index is 12.9. The van der Waals surface area contributed by atoms with E-state index in [2.05, 4.69) is 6.92 Å². The van der Waals surface area contributed by atoms with Crippen molar-refractivity contribution in [3.63, 3.8) is 0 Å². The van der Waals surface area contributed by atoms with Crippen molar-refractivity contribution in [2.24, 2.45) is 5.92 Å². The van der Waals surface area contributed by atoms with E-state index in [1.165, 1.54) is 19.2 Å². The molecule has 0 spiro atoms. The molecule has 0 bridgehead atoms. The van der Waals surface area contributed by atoms with Crippen molar-refractivity contribution in [3.05, 3.63) is 54.1 Å². The molecule has 1 aliphatic carbocycles. The quantitative estimate of drug-likeness (QED) is 0.551. The Morgan fingerprint density at radius 3 is 2.40 bits per heavy atom. The fourth-order valence-electron chi connectivity index (χ4n) is 3.37. The van der Waals surface area contributed by atoms with Gasteiger partial charge in [-0.25, -0.2) is 0 Å². The normalized spacial score (nSPS) is 15.2. The average molecular weight is 432 g/mol. The van der Waals surface area contributed by atoms with Gasteiger partial charge in [-0.05, 0) is 68.1 Å². The highest BCUT2D eigenvalue weighted by atomic mass is 32.2. The van der Waals surface area contributed by atoms with Crippen molar-refractivity contribution in [2.45, 2.75) is 57.0 Å². The van der Waals surface area contributed by atoms with E-state index in [4.69, 9.17) is 8.92 Å². The third-order valence-electron chi connectivity index (χ3n) is 5.67. The number of amides is 1. The van der Waals surface area contributed by atoms with Crippen LogP contribution in [-0.2, 0) is 21.5 Å². The fourth-order valence-corrected chi connectivity index (χ4v) is 4.29. The fraction of sp³-hybridized carbons (Fsp3) is 0.435. The number of carbonyl (C=O) groups excluding carboxylic acids is 1. The van der Waals surface area contributed by atoms with E-state index >= 15 is 0 Å². The van der Waals surface area contributed by atoms with E-state index in [1.54, 1.807) is 30.3 Å². The molecule has 1 fully saturated rings. The van der Waals surface area contributed by atoms with Crippen LogP contribution in [0.1, 0.15) is 45.1 Å². The molecule has 0 N–H and O–H groups in total. The molecule has 1 aliphatic rings. The monoisotopic (exact) mass is 431 g/mol. The summed E-state index contributed by atoms with van der Waals surface area (Å²) < 4.78 is 35.6. The molecule has 3 rings (SSSR count). The van der Waals surface area contributed by atoms with E-state index in [1.807, 2.05) is 17.9 Å². The van der Waals surface area contributed by atoms with Crippen LogP contribution in [0, 0.1) is 5.92 Å². The minimum Gasteiger partial charge on any atom is -0.497 e. The Kier molecular flexibility index (Phi) is 7.02. The van der Waals surface area contributed by atoms with E-state index in [0.29, 0.717) is 12.3 Å². The van der Waals surface area contributed by atoms with Crippen LogP contribution in [0.5, 0.6) is 11.5 Å². The molecular weight excluding hydrogens is 402 g/mol. The first-order valence-corrected chi connectivity index (χ1v) is 11.7. The first kappa shape index (κ1) is 22.2. The Balaban J connectivity index is 1.76. The Bertz CT molecular complexity index is 967. The van der Waals surface area contributed by atoms with E-state index in [-0.39, 0.29) is 28.5 Å². The number of ether oxygens (including phenoxy) is 1. The molecule has 30 heavy (non-hydrogen) atoms. The second kappa shape index (κ2) is 9.51. The summed E-state index contributed by atoms with van der Waals surface area (Å²) >= 11 is 0. The average Bonchev–Trinajstić information content (AvgIpc) is 2.70. The van der Waals surface area contributed by atoms with Crippen molar-refractivity contribution in [2.75, 3.05) is 7.11 Å². The number of benzene rings is 2. The minimum atomic E-state index is -3.97. The summed E-state index contributed by atoms with van der Waals surface area (Å²) in [7, 11) is -2.45. The molecule has 0 aromatic heterocycles. The number of hydrogen-bond acceptors (Lipinski definition) is 5. The molecule has 1 unspecified atom stereocenters. The second-order valence-corrected chi connectivity index (χ2v) is 9.26. The van der Waals surface area contributed by atoms with Crippen molar-refractivity contribution < 1.29 is 22.1 Å². The van der Waals surface area contributed by atoms with Crippen LogP contribution in [0.2, 0.25) is 0 Å². The van der Waals surface area contributed by atoms with Gasteiger partial charge in [0, 0.05) is 18.5 Å². The topological polar surface area (TPSA) is 72.9 Å². The molecule has 162 valence electrons. The van der Waals surface area contributed by atoms with Gasteiger partial charge >= 0.3 is 10.1 Å². The summed E-state index contributed by atoms with van der Waals surface area (Å²) in [6.45, 7) is 4.54. The highest BCUT2D eigenvalue weighted by molar-refractivity contribution is 7.87. The van der Waals surface area contributed by atoms with Gasteiger partial charge in [0.15, 0.2) is 0 Å². The van der Waals surface area contributed by atoms with Crippen LogP contribution >= 0.6 is 0 Å². The highest BCUT2D eigenvalue weighted by Crippen LogP contribution is 2.30. The number of nitrogens with zero attached hydrogens (tertiary/aromatic N) is 1. The van der Waals surface area contributed by atoms with Gasteiger partial charge in [0.2, 0.25) is 5.91 Å². The maximum Gasteiger partial charge on any atom is 0.339 e. The number of methoxy groups -OCH3 is 1. The van der Waals surface area contributed by atoms with Gasteiger partial charge in [-0.3, -0.25) is 4.79 Å². The number of hydrogen-bond donors (Lipinski definition) is 0. The zero-order valence-corrected chi connectivity index (χ0v) is 18.5. The van der Waals surface area contributed by atoms with Crippen LogP contribution in [0.3, 0.4) is 0 Å². The van der Waals surface area contributed by atoms with Crippen LogP contribution in [0.4, 0.5) is 0 Å². The molecular formula is C23H29NO5S. The lowest BCUT2D eigenvalue weighted by molar-refractivity contribution is -0.141. The van der Waals surface area contributed by atoms with Gasteiger partial charge in [-0.1, -0.05) is 25.5 Å². The first-order valence-electron chi connectivity index (χ1n) is 10.3. The van der Waals surface area contributed by atoms with Crippen molar-refractivity contribution in [1.29, 1.82) is 0 Å². The van der Waals surface area contributed by atoms with Crippen molar-refractivity contribution in [1.82, 2.24) is 4.90 Å². The summed E-state index contributed by atoms with van der Waals surface area (Å²) in [4.78, 5) is 14.8. The van der Waals surface area contributed by atoms with Crippen molar-refractivity contribution >= 4 is 16.0 Å². The standard InChI is InChI=1S/C23H29NO5S/c1-4-17(2)24(23(25)19-8-6-9-19)16-18-7-5-10-21(15-18)29-30(26,27)22-13-11-20(28-3)12-14-22/h5,7,10-15,17,19H,4,6,8-9,16H2,1-3H3. The van der Waals surface area contributed by atoms with Crippen LogP contribution in [-0.4, -0.2) is 32.4 Å². The molecule has 1 atom stereocenters. The van der Waals surface area contributed by atoms with E-state index in [0.717, 1.165) is 31.2 Å². The SMILES string of the molecule is CCC(C)N(Cc1cccc(OS(=O)(=O)c2ccc(OC)cc2)c1)C(=O)C1CCC1. The Morgan fingerprint density at radius 1 is 1.13 bits per heavy atom. The molecule has 0 saturated heterocycles. The Hall–Kier alpha value is -2.54. The molecule has 7 heteroatoms. The lowest BCUT2D eigenvalue weighted by Crippen LogP contribution is -2.43. The zero-order valence-electron chi connectivity index (χ0n) is 17.7. The molecule has 1 amide bonds.